The zero-order chi connectivity index (χ0) is 17.9. The predicted molar refractivity (Wildman–Crippen MR) is 95.0 cm³/mol. The van der Waals surface area contributed by atoms with Crippen LogP contribution in [0.1, 0.15) is 29.3 Å². The van der Waals surface area contributed by atoms with E-state index in [1.54, 1.807) is 17.8 Å². The van der Waals surface area contributed by atoms with Crippen LogP contribution in [0.25, 0.3) is 16.5 Å². The van der Waals surface area contributed by atoms with Crippen molar-refractivity contribution in [1.29, 1.82) is 0 Å². The molecule has 3 aromatic heterocycles. The number of aromatic nitrogens is 4. The average Bonchev–Trinajstić information content (AvgIpc) is 3.43. The zero-order valence-corrected chi connectivity index (χ0v) is 14.6. The molecule has 0 fully saturated rings. The first kappa shape index (κ1) is 16.2. The fourth-order valence-corrected chi connectivity index (χ4v) is 2.97. The molecule has 0 aliphatic carbocycles. The Balaban J connectivity index is 1.46. The molecule has 4 aromatic rings. The highest BCUT2D eigenvalue weighted by molar-refractivity contribution is 7.13. The Hall–Kier alpha value is -3.26. The minimum Gasteiger partial charge on any atom is -0.449 e. The lowest BCUT2D eigenvalue weighted by molar-refractivity contribution is 0.0280. The van der Waals surface area contributed by atoms with Gasteiger partial charge in [0.2, 0.25) is 0 Å². The molecular weight excluding hydrogens is 352 g/mol. The normalized spacial score (nSPS) is 12.0. The van der Waals surface area contributed by atoms with Gasteiger partial charge in [0.15, 0.2) is 6.10 Å². The molecule has 0 bridgehead atoms. The quantitative estimate of drug-likeness (QED) is 0.498. The highest BCUT2D eigenvalue weighted by atomic mass is 32.1. The summed E-state index contributed by atoms with van der Waals surface area (Å²) < 4.78 is 12.6. The van der Waals surface area contributed by atoms with Crippen LogP contribution in [-0.2, 0) is 4.74 Å². The van der Waals surface area contributed by atoms with Gasteiger partial charge in [-0.2, -0.15) is 5.10 Å². The number of para-hydroxylation sites is 1. The van der Waals surface area contributed by atoms with Crippen LogP contribution in [0, 0.1) is 0 Å². The Bertz CT molecular complexity index is 1010. The van der Waals surface area contributed by atoms with E-state index in [1.165, 1.54) is 17.5 Å². The van der Waals surface area contributed by atoms with Crippen LogP contribution in [0.15, 0.2) is 64.7 Å². The van der Waals surface area contributed by atoms with E-state index in [9.17, 15) is 4.79 Å². The number of carbonyl (C=O) groups is 1. The minimum absolute atomic E-state index is 0.247. The number of ether oxygens (including phenoxy) is 1. The van der Waals surface area contributed by atoms with E-state index >= 15 is 0 Å². The van der Waals surface area contributed by atoms with Crippen LogP contribution >= 0.6 is 11.3 Å². The lowest BCUT2D eigenvalue weighted by Gasteiger charge is -2.07. The van der Waals surface area contributed by atoms with Gasteiger partial charge in [0, 0.05) is 6.20 Å². The van der Waals surface area contributed by atoms with E-state index in [4.69, 9.17) is 9.15 Å². The summed E-state index contributed by atoms with van der Waals surface area (Å²) in [6, 6.07) is 13.3. The molecular formula is C18H14N4O3S. The van der Waals surface area contributed by atoms with Gasteiger partial charge >= 0.3 is 5.97 Å². The summed E-state index contributed by atoms with van der Waals surface area (Å²) in [7, 11) is 0. The van der Waals surface area contributed by atoms with Crippen LogP contribution in [0.5, 0.6) is 0 Å². The lowest BCUT2D eigenvalue weighted by Crippen LogP contribution is -2.09. The number of esters is 1. The molecule has 0 saturated carbocycles. The van der Waals surface area contributed by atoms with E-state index in [1.807, 2.05) is 47.8 Å². The van der Waals surface area contributed by atoms with Crippen molar-refractivity contribution in [2.45, 2.75) is 13.0 Å². The number of hydrogen-bond acceptors (Lipinski definition) is 7. The lowest BCUT2D eigenvalue weighted by atomic mass is 10.3. The summed E-state index contributed by atoms with van der Waals surface area (Å²) in [4.78, 5) is 13.2. The summed E-state index contributed by atoms with van der Waals surface area (Å²) in [5.41, 5.74) is 1.20. The molecule has 7 nitrogen and oxygen atoms in total. The third-order valence-corrected chi connectivity index (χ3v) is 4.50. The largest absolute Gasteiger partial charge is 0.449 e. The number of thiophene rings is 1. The molecule has 0 radical (unpaired) electrons. The van der Waals surface area contributed by atoms with E-state index in [-0.39, 0.29) is 5.89 Å². The summed E-state index contributed by atoms with van der Waals surface area (Å²) in [5.74, 6) is 0.155. The van der Waals surface area contributed by atoms with Gasteiger partial charge in [-0.05, 0) is 30.5 Å². The number of nitrogens with zero attached hydrogens (tertiary/aromatic N) is 4. The Morgan fingerprint density at radius 3 is 2.81 bits per heavy atom. The van der Waals surface area contributed by atoms with Crippen molar-refractivity contribution >= 4 is 17.3 Å². The van der Waals surface area contributed by atoms with Gasteiger partial charge in [-0.25, -0.2) is 9.48 Å². The van der Waals surface area contributed by atoms with Crippen molar-refractivity contribution in [2.75, 3.05) is 0 Å². The first-order chi connectivity index (χ1) is 12.7. The molecule has 0 N–H and O–H groups in total. The fourth-order valence-electron chi connectivity index (χ4n) is 2.33. The Labute approximate surface area is 152 Å². The first-order valence-corrected chi connectivity index (χ1v) is 8.77. The monoisotopic (exact) mass is 366 g/mol. The van der Waals surface area contributed by atoms with Crippen molar-refractivity contribution in [2.24, 2.45) is 0 Å². The summed E-state index contributed by atoms with van der Waals surface area (Å²) >= 11 is 1.50. The topological polar surface area (TPSA) is 83.0 Å². The van der Waals surface area contributed by atoms with E-state index in [0.29, 0.717) is 11.5 Å². The van der Waals surface area contributed by atoms with E-state index < -0.39 is 12.1 Å². The maximum Gasteiger partial charge on any atom is 0.342 e. The standard InChI is InChI=1S/C18H14N4O3S/c1-12(16-20-21-17(25-16)15-8-5-9-26-15)24-18(23)13-10-19-22(11-13)14-6-3-2-4-7-14/h2-12H,1H3. The average molecular weight is 366 g/mol. The van der Waals surface area contributed by atoms with Gasteiger partial charge in [0.25, 0.3) is 11.8 Å². The van der Waals surface area contributed by atoms with E-state index in [2.05, 4.69) is 15.3 Å². The number of rotatable bonds is 5. The molecule has 8 heteroatoms. The third-order valence-electron chi connectivity index (χ3n) is 3.64. The molecule has 0 spiro atoms. The molecule has 4 rings (SSSR count). The second-order valence-electron chi connectivity index (χ2n) is 5.48. The second-order valence-corrected chi connectivity index (χ2v) is 6.43. The molecule has 26 heavy (non-hydrogen) atoms. The summed E-state index contributed by atoms with van der Waals surface area (Å²) in [6.07, 6.45) is 2.42. The molecule has 0 saturated heterocycles. The van der Waals surface area contributed by atoms with Crippen molar-refractivity contribution in [3.05, 3.63) is 71.7 Å². The first-order valence-electron chi connectivity index (χ1n) is 7.89. The predicted octanol–water partition coefficient (Wildman–Crippen LogP) is 3.90. The van der Waals surface area contributed by atoms with Crippen LogP contribution in [0.2, 0.25) is 0 Å². The molecule has 1 unspecified atom stereocenters. The van der Waals surface area contributed by atoms with Crippen molar-refractivity contribution in [3.63, 3.8) is 0 Å². The SMILES string of the molecule is CC(OC(=O)c1cnn(-c2ccccc2)c1)c1nnc(-c2cccs2)o1. The minimum atomic E-state index is -0.663. The highest BCUT2D eigenvalue weighted by Gasteiger charge is 2.21. The third kappa shape index (κ3) is 3.27. The van der Waals surface area contributed by atoms with E-state index in [0.717, 1.165) is 10.6 Å². The van der Waals surface area contributed by atoms with Gasteiger partial charge in [-0.15, -0.1) is 21.5 Å². The molecule has 0 aliphatic heterocycles. The Morgan fingerprint density at radius 1 is 1.19 bits per heavy atom. The van der Waals surface area contributed by atoms with Gasteiger partial charge in [0.1, 0.15) is 0 Å². The molecule has 130 valence electrons. The number of benzene rings is 1. The van der Waals surface area contributed by atoms with Gasteiger partial charge in [-0.1, -0.05) is 24.3 Å². The fraction of sp³-hybridized carbons (Fsp3) is 0.111. The maximum atomic E-state index is 12.3. The van der Waals surface area contributed by atoms with Crippen molar-refractivity contribution in [1.82, 2.24) is 20.0 Å². The highest BCUT2D eigenvalue weighted by Crippen LogP contribution is 2.26. The second kappa shape index (κ2) is 6.93. The Morgan fingerprint density at radius 2 is 2.04 bits per heavy atom. The summed E-state index contributed by atoms with van der Waals surface area (Å²) in [5, 5.41) is 14.1. The van der Waals surface area contributed by atoms with Crippen LogP contribution in [0.3, 0.4) is 0 Å². The molecule has 1 atom stereocenters. The van der Waals surface area contributed by atoms with Crippen molar-refractivity contribution in [3.8, 4) is 16.5 Å². The van der Waals surface area contributed by atoms with Crippen LogP contribution < -0.4 is 0 Å². The smallest absolute Gasteiger partial charge is 0.342 e. The van der Waals surface area contributed by atoms with Gasteiger partial charge in [-0.3, -0.25) is 0 Å². The Kier molecular flexibility index (Phi) is 4.32. The molecule has 3 heterocycles. The maximum absolute atomic E-state index is 12.3. The van der Waals surface area contributed by atoms with Crippen LogP contribution in [-0.4, -0.2) is 25.9 Å². The number of hydrogen-bond donors (Lipinski definition) is 0. The number of carbonyl (C=O) groups excluding carboxylic acids is 1. The summed E-state index contributed by atoms with van der Waals surface area (Å²) in [6.45, 7) is 1.69. The molecule has 0 amide bonds. The molecule has 0 aliphatic rings. The zero-order valence-electron chi connectivity index (χ0n) is 13.8. The van der Waals surface area contributed by atoms with Gasteiger partial charge in [0.05, 0.1) is 22.3 Å². The van der Waals surface area contributed by atoms with Gasteiger partial charge < -0.3 is 9.15 Å². The molecule has 1 aromatic carbocycles. The van der Waals surface area contributed by atoms with Crippen LogP contribution in [0.4, 0.5) is 0 Å². The van der Waals surface area contributed by atoms with Crippen molar-refractivity contribution < 1.29 is 13.9 Å².